The Hall–Kier alpha value is -0.630. The van der Waals surface area contributed by atoms with Crippen LogP contribution >= 0.6 is 11.6 Å². The van der Waals surface area contributed by atoms with Crippen molar-refractivity contribution >= 4 is 11.6 Å². The number of alkyl halides is 1. The molecule has 0 saturated heterocycles. The Morgan fingerprint density at radius 1 is 1.54 bits per heavy atom. The molecular weight excluding hydrogens is 184 g/mol. The van der Waals surface area contributed by atoms with Crippen LogP contribution in [-0.4, -0.2) is 9.97 Å². The molecule has 13 heavy (non-hydrogen) atoms. The number of halogens is 1. The van der Waals surface area contributed by atoms with Gasteiger partial charge in [-0.15, -0.1) is 11.6 Å². The van der Waals surface area contributed by atoms with Crippen molar-refractivity contribution in [3.05, 3.63) is 23.3 Å². The first-order valence-corrected chi connectivity index (χ1v) is 5.08. The SMILES string of the molecule is CC1(C)CCc2cnc(CCl)nc21. The van der Waals surface area contributed by atoms with Crippen LogP contribution in [0, 0.1) is 0 Å². The summed E-state index contributed by atoms with van der Waals surface area (Å²) in [6.45, 7) is 4.45. The fourth-order valence-corrected chi connectivity index (χ4v) is 1.97. The molecule has 0 N–H and O–H groups in total. The van der Waals surface area contributed by atoms with E-state index in [-0.39, 0.29) is 5.41 Å². The molecule has 0 amide bonds. The number of nitrogens with zero attached hydrogens (tertiary/aromatic N) is 2. The van der Waals surface area contributed by atoms with Crippen LogP contribution in [0.4, 0.5) is 0 Å². The molecule has 0 bridgehead atoms. The highest BCUT2D eigenvalue weighted by Crippen LogP contribution is 2.36. The zero-order valence-corrected chi connectivity index (χ0v) is 8.73. The van der Waals surface area contributed by atoms with E-state index in [1.165, 1.54) is 17.7 Å². The van der Waals surface area contributed by atoms with Crippen molar-refractivity contribution in [2.24, 2.45) is 0 Å². The highest BCUT2D eigenvalue weighted by atomic mass is 35.5. The summed E-state index contributed by atoms with van der Waals surface area (Å²) in [7, 11) is 0. The zero-order valence-electron chi connectivity index (χ0n) is 7.97. The lowest BCUT2D eigenvalue weighted by Crippen LogP contribution is -2.15. The van der Waals surface area contributed by atoms with E-state index in [2.05, 4.69) is 23.8 Å². The summed E-state index contributed by atoms with van der Waals surface area (Å²) in [5, 5.41) is 0. The van der Waals surface area contributed by atoms with Crippen molar-refractivity contribution in [2.45, 2.75) is 38.0 Å². The minimum Gasteiger partial charge on any atom is -0.240 e. The quantitative estimate of drug-likeness (QED) is 0.645. The predicted molar refractivity (Wildman–Crippen MR) is 52.9 cm³/mol. The lowest BCUT2D eigenvalue weighted by Gasteiger charge is -2.17. The van der Waals surface area contributed by atoms with Gasteiger partial charge in [0.25, 0.3) is 0 Å². The van der Waals surface area contributed by atoms with E-state index in [9.17, 15) is 0 Å². The first-order valence-electron chi connectivity index (χ1n) is 4.55. The number of aromatic nitrogens is 2. The van der Waals surface area contributed by atoms with Crippen molar-refractivity contribution in [1.82, 2.24) is 9.97 Å². The maximum atomic E-state index is 5.70. The van der Waals surface area contributed by atoms with Gasteiger partial charge in [0.05, 0.1) is 11.6 Å². The highest BCUT2D eigenvalue weighted by molar-refractivity contribution is 6.16. The van der Waals surface area contributed by atoms with Gasteiger partial charge in [0, 0.05) is 11.6 Å². The summed E-state index contributed by atoms with van der Waals surface area (Å²) < 4.78 is 0. The second-order valence-corrected chi connectivity index (χ2v) is 4.44. The molecule has 1 aromatic heterocycles. The van der Waals surface area contributed by atoms with E-state index in [4.69, 9.17) is 11.6 Å². The van der Waals surface area contributed by atoms with Gasteiger partial charge in [-0.2, -0.15) is 0 Å². The summed E-state index contributed by atoms with van der Waals surface area (Å²) >= 11 is 5.70. The summed E-state index contributed by atoms with van der Waals surface area (Å²) in [5.74, 6) is 1.15. The Kier molecular flexibility index (Phi) is 2.03. The van der Waals surface area contributed by atoms with Gasteiger partial charge in [-0.1, -0.05) is 13.8 Å². The van der Waals surface area contributed by atoms with Gasteiger partial charge in [-0.25, -0.2) is 9.97 Å². The molecule has 1 aliphatic rings. The second kappa shape index (κ2) is 2.95. The average Bonchev–Trinajstić information content (AvgIpc) is 2.42. The van der Waals surface area contributed by atoms with Crippen LogP contribution in [0.15, 0.2) is 6.20 Å². The standard InChI is InChI=1S/C10H13ClN2/c1-10(2)4-3-7-6-12-8(5-11)13-9(7)10/h6H,3-5H2,1-2H3. The van der Waals surface area contributed by atoms with Gasteiger partial charge in [0.2, 0.25) is 0 Å². The van der Waals surface area contributed by atoms with Gasteiger partial charge in [0.1, 0.15) is 5.82 Å². The van der Waals surface area contributed by atoms with Crippen LogP contribution in [0.2, 0.25) is 0 Å². The molecule has 70 valence electrons. The largest absolute Gasteiger partial charge is 0.240 e. The predicted octanol–water partition coefficient (Wildman–Crippen LogP) is 2.44. The third-order valence-corrected chi connectivity index (χ3v) is 2.93. The van der Waals surface area contributed by atoms with Crippen LogP contribution < -0.4 is 0 Å². The molecule has 2 nitrogen and oxygen atoms in total. The van der Waals surface area contributed by atoms with Crippen molar-refractivity contribution < 1.29 is 0 Å². The zero-order chi connectivity index (χ0) is 9.47. The summed E-state index contributed by atoms with van der Waals surface area (Å²) in [5.41, 5.74) is 2.69. The van der Waals surface area contributed by atoms with Gasteiger partial charge < -0.3 is 0 Å². The molecular formula is C10H13ClN2. The van der Waals surface area contributed by atoms with Crippen LogP contribution in [-0.2, 0) is 17.7 Å². The van der Waals surface area contributed by atoms with E-state index >= 15 is 0 Å². The minimum atomic E-state index is 0.207. The smallest absolute Gasteiger partial charge is 0.143 e. The fraction of sp³-hybridized carbons (Fsp3) is 0.600. The molecule has 0 fully saturated rings. The second-order valence-electron chi connectivity index (χ2n) is 4.18. The molecule has 0 atom stereocenters. The normalized spacial score (nSPS) is 18.7. The lowest BCUT2D eigenvalue weighted by molar-refractivity contribution is 0.507. The summed E-state index contributed by atoms with van der Waals surface area (Å²) in [4.78, 5) is 8.67. The van der Waals surface area contributed by atoms with Gasteiger partial charge in [-0.05, 0) is 18.4 Å². The Balaban J connectivity index is 2.50. The van der Waals surface area contributed by atoms with Crippen molar-refractivity contribution in [3.63, 3.8) is 0 Å². The van der Waals surface area contributed by atoms with Gasteiger partial charge in [0.15, 0.2) is 0 Å². The molecule has 1 aliphatic carbocycles. The Labute approximate surface area is 83.4 Å². The molecule has 0 radical (unpaired) electrons. The summed E-state index contributed by atoms with van der Waals surface area (Å²) in [6, 6.07) is 0. The number of aryl methyl sites for hydroxylation is 1. The third-order valence-electron chi connectivity index (χ3n) is 2.69. The van der Waals surface area contributed by atoms with E-state index in [0.717, 1.165) is 12.2 Å². The molecule has 3 heteroatoms. The highest BCUT2D eigenvalue weighted by Gasteiger charge is 2.31. The molecule has 0 saturated carbocycles. The average molecular weight is 197 g/mol. The lowest BCUT2D eigenvalue weighted by atomic mass is 9.91. The topological polar surface area (TPSA) is 25.8 Å². The molecule has 0 spiro atoms. The molecule has 1 heterocycles. The first-order chi connectivity index (χ1) is 6.13. The van der Waals surface area contributed by atoms with Crippen LogP contribution in [0.5, 0.6) is 0 Å². The van der Waals surface area contributed by atoms with E-state index in [0.29, 0.717) is 5.88 Å². The van der Waals surface area contributed by atoms with Gasteiger partial charge >= 0.3 is 0 Å². The van der Waals surface area contributed by atoms with Crippen LogP contribution in [0.25, 0.3) is 0 Å². The minimum absolute atomic E-state index is 0.207. The number of hydrogen-bond acceptors (Lipinski definition) is 2. The molecule has 0 aromatic carbocycles. The summed E-state index contributed by atoms with van der Waals surface area (Å²) in [6.07, 6.45) is 4.20. The van der Waals surface area contributed by atoms with Crippen molar-refractivity contribution in [1.29, 1.82) is 0 Å². The van der Waals surface area contributed by atoms with Crippen molar-refractivity contribution in [3.8, 4) is 0 Å². The number of rotatable bonds is 1. The maximum absolute atomic E-state index is 5.70. The van der Waals surface area contributed by atoms with Crippen molar-refractivity contribution in [2.75, 3.05) is 0 Å². The fourth-order valence-electron chi connectivity index (χ4n) is 1.84. The van der Waals surface area contributed by atoms with Gasteiger partial charge in [-0.3, -0.25) is 0 Å². The third kappa shape index (κ3) is 1.44. The van der Waals surface area contributed by atoms with Crippen LogP contribution in [0.1, 0.15) is 37.4 Å². The number of hydrogen-bond donors (Lipinski definition) is 0. The molecule has 0 aliphatic heterocycles. The monoisotopic (exact) mass is 196 g/mol. The maximum Gasteiger partial charge on any atom is 0.143 e. The molecule has 2 rings (SSSR count). The number of fused-ring (bicyclic) bond motifs is 1. The Bertz CT molecular complexity index is 334. The van der Waals surface area contributed by atoms with E-state index in [1.807, 2.05) is 6.20 Å². The Morgan fingerprint density at radius 3 is 3.00 bits per heavy atom. The van der Waals surface area contributed by atoms with E-state index in [1.54, 1.807) is 0 Å². The first kappa shape index (κ1) is 8.95. The van der Waals surface area contributed by atoms with E-state index < -0.39 is 0 Å². The molecule has 1 aromatic rings. The van der Waals surface area contributed by atoms with Crippen LogP contribution in [0.3, 0.4) is 0 Å². The molecule has 0 unspecified atom stereocenters. The Morgan fingerprint density at radius 2 is 2.31 bits per heavy atom.